The van der Waals surface area contributed by atoms with Crippen LogP contribution in [0.15, 0.2) is 60.4 Å². The van der Waals surface area contributed by atoms with Crippen molar-refractivity contribution in [3.05, 3.63) is 77.1 Å². The maximum absolute atomic E-state index is 14.5. The van der Waals surface area contributed by atoms with E-state index in [1.807, 2.05) is 30.3 Å². The van der Waals surface area contributed by atoms with Crippen LogP contribution in [0.3, 0.4) is 0 Å². The number of allylic oxidation sites excluding steroid dienone is 1. The number of nitrogens with zero attached hydrogens (tertiary/aromatic N) is 1. The van der Waals surface area contributed by atoms with Gasteiger partial charge < -0.3 is 0 Å². The third kappa shape index (κ3) is 3.45. The van der Waals surface area contributed by atoms with E-state index in [0.29, 0.717) is 13.0 Å². The molecule has 0 radical (unpaired) electrons. The average molecular weight is 295 g/mol. The molecule has 0 fully saturated rings. The van der Waals surface area contributed by atoms with E-state index in [-0.39, 0.29) is 5.83 Å². The van der Waals surface area contributed by atoms with Gasteiger partial charge in [0.25, 0.3) is 0 Å². The van der Waals surface area contributed by atoms with Crippen molar-refractivity contribution in [3.8, 4) is 0 Å². The van der Waals surface area contributed by atoms with E-state index in [2.05, 4.69) is 36.2 Å². The van der Waals surface area contributed by atoms with E-state index in [4.69, 9.17) is 0 Å². The van der Waals surface area contributed by atoms with E-state index in [9.17, 15) is 4.39 Å². The molecule has 0 atom stereocenters. The third-order valence-electron chi connectivity index (χ3n) is 4.24. The molecule has 0 spiro atoms. The van der Waals surface area contributed by atoms with Crippen LogP contribution < -0.4 is 0 Å². The van der Waals surface area contributed by atoms with Crippen LogP contribution in [0, 0.1) is 0 Å². The van der Waals surface area contributed by atoms with Crippen LogP contribution in [0.4, 0.5) is 4.39 Å². The Morgan fingerprint density at radius 1 is 0.909 bits per heavy atom. The first kappa shape index (κ1) is 15.0. The van der Waals surface area contributed by atoms with Crippen LogP contribution in [-0.4, -0.2) is 18.5 Å². The summed E-state index contributed by atoms with van der Waals surface area (Å²) in [6.45, 7) is 1.48. The van der Waals surface area contributed by atoms with Crippen molar-refractivity contribution < 1.29 is 4.39 Å². The summed E-state index contributed by atoms with van der Waals surface area (Å²) in [6.07, 6.45) is 2.42. The fourth-order valence-electron chi connectivity index (χ4n) is 3.16. The van der Waals surface area contributed by atoms with Gasteiger partial charge in [0.05, 0.1) is 0 Å². The van der Waals surface area contributed by atoms with Crippen LogP contribution in [0.25, 0.3) is 5.57 Å². The van der Waals surface area contributed by atoms with Gasteiger partial charge in [-0.3, -0.25) is 4.90 Å². The highest BCUT2D eigenvalue weighted by atomic mass is 19.1. The first-order valence-electron chi connectivity index (χ1n) is 7.92. The summed E-state index contributed by atoms with van der Waals surface area (Å²) in [4.78, 5) is 2.19. The average Bonchev–Trinajstić information content (AvgIpc) is 2.68. The number of fused-ring (bicyclic) bond motifs is 1. The van der Waals surface area contributed by atoms with Crippen molar-refractivity contribution in [1.82, 2.24) is 4.90 Å². The van der Waals surface area contributed by atoms with Crippen LogP contribution >= 0.6 is 0 Å². The van der Waals surface area contributed by atoms with Crippen LogP contribution in [0.1, 0.15) is 29.5 Å². The summed E-state index contributed by atoms with van der Waals surface area (Å²) in [7, 11) is 2.06. The van der Waals surface area contributed by atoms with Gasteiger partial charge in [-0.2, -0.15) is 0 Å². The Balaban J connectivity index is 1.81. The van der Waals surface area contributed by atoms with Gasteiger partial charge in [-0.1, -0.05) is 54.6 Å². The molecule has 2 heteroatoms. The zero-order valence-corrected chi connectivity index (χ0v) is 13.1. The summed E-state index contributed by atoms with van der Waals surface area (Å²) >= 11 is 0. The van der Waals surface area contributed by atoms with Gasteiger partial charge in [0.15, 0.2) is 0 Å². The molecule has 2 aromatic rings. The summed E-state index contributed by atoms with van der Waals surface area (Å²) in [5, 5.41) is 0. The predicted molar refractivity (Wildman–Crippen MR) is 90.2 cm³/mol. The molecule has 22 heavy (non-hydrogen) atoms. The lowest BCUT2D eigenvalue weighted by atomic mass is 9.98. The summed E-state index contributed by atoms with van der Waals surface area (Å²) < 4.78 is 14.5. The molecule has 0 saturated heterocycles. The zero-order chi connectivity index (χ0) is 15.4. The predicted octanol–water partition coefficient (Wildman–Crippen LogP) is 4.84. The first-order valence-corrected chi connectivity index (χ1v) is 7.92. The van der Waals surface area contributed by atoms with Crippen LogP contribution in [0.5, 0.6) is 0 Å². The molecule has 0 unspecified atom stereocenters. The lowest BCUT2D eigenvalue weighted by Gasteiger charge is -2.20. The number of aryl methyl sites for hydroxylation is 1. The summed E-state index contributed by atoms with van der Waals surface area (Å²) in [6, 6.07) is 18.6. The van der Waals surface area contributed by atoms with Crippen molar-refractivity contribution in [1.29, 1.82) is 0 Å². The second-order valence-electron chi connectivity index (χ2n) is 6.05. The fourth-order valence-corrected chi connectivity index (χ4v) is 3.16. The minimum Gasteiger partial charge on any atom is -0.298 e. The topological polar surface area (TPSA) is 3.24 Å². The SMILES string of the molecule is CN(CC1=C(F)CCCc2ccccc21)Cc1ccccc1. The van der Waals surface area contributed by atoms with Gasteiger partial charge in [0, 0.05) is 18.7 Å². The van der Waals surface area contributed by atoms with Crippen molar-refractivity contribution >= 4 is 5.57 Å². The van der Waals surface area contributed by atoms with Gasteiger partial charge in [-0.15, -0.1) is 0 Å². The highest BCUT2D eigenvalue weighted by molar-refractivity contribution is 5.72. The minimum atomic E-state index is 0.0601. The Morgan fingerprint density at radius 2 is 1.64 bits per heavy atom. The molecule has 0 saturated carbocycles. The number of rotatable bonds is 4. The molecule has 1 aliphatic carbocycles. The van der Waals surface area contributed by atoms with E-state index in [1.165, 1.54) is 11.1 Å². The van der Waals surface area contributed by atoms with Gasteiger partial charge in [-0.25, -0.2) is 4.39 Å². The molecule has 0 aliphatic heterocycles. The molecule has 2 aromatic carbocycles. The zero-order valence-electron chi connectivity index (χ0n) is 13.1. The van der Waals surface area contributed by atoms with Crippen molar-refractivity contribution in [2.24, 2.45) is 0 Å². The van der Waals surface area contributed by atoms with Gasteiger partial charge >= 0.3 is 0 Å². The van der Waals surface area contributed by atoms with Crippen LogP contribution in [-0.2, 0) is 13.0 Å². The molecular formula is C20H22FN. The molecular weight excluding hydrogens is 273 g/mol. The van der Waals surface area contributed by atoms with Gasteiger partial charge in [0.2, 0.25) is 0 Å². The Labute approximate surface area is 132 Å². The largest absolute Gasteiger partial charge is 0.298 e. The normalized spacial score (nSPS) is 14.9. The summed E-state index contributed by atoms with van der Waals surface area (Å²) in [5.41, 5.74) is 4.50. The van der Waals surface area contributed by atoms with E-state index < -0.39 is 0 Å². The standard InChI is InChI=1S/C20H22FN/c1-22(14-16-8-3-2-4-9-16)15-19-18-12-6-5-10-17(18)11-7-13-20(19)21/h2-6,8-10,12H,7,11,13-15H2,1H3. The lowest BCUT2D eigenvalue weighted by Crippen LogP contribution is -2.21. The molecule has 3 rings (SSSR count). The highest BCUT2D eigenvalue weighted by Gasteiger charge is 2.18. The molecule has 0 aromatic heterocycles. The van der Waals surface area contributed by atoms with E-state index in [0.717, 1.165) is 30.5 Å². The quantitative estimate of drug-likeness (QED) is 0.780. The molecule has 0 N–H and O–H groups in total. The number of likely N-dealkylation sites (N-methyl/N-ethyl adjacent to an activating group) is 1. The number of hydrogen-bond acceptors (Lipinski definition) is 1. The molecule has 0 amide bonds. The lowest BCUT2D eigenvalue weighted by molar-refractivity contribution is 0.366. The molecule has 1 aliphatic rings. The van der Waals surface area contributed by atoms with Gasteiger partial charge in [0.1, 0.15) is 5.83 Å². The Morgan fingerprint density at radius 3 is 2.45 bits per heavy atom. The first-order chi connectivity index (χ1) is 10.7. The Kier molecular flexibility index (Phi) is 4.69. The monoisotopic (exact) mass is 295 g/mol. The molecule has 114 valence electrons. The Bertz CT molecular complexity index is 660. The Hall–Kier alpha value is -1.93. The smallest absolute Gasteiger partial charge is 0.105 e. The highest BCUT2D eigenvalue weighted by Crippen LogP contribution is 2.31. The summed E-state index contributed by atoms with van der Waals surface area (Å²) in [5.74, 6) is 0.0601. The second-order valence-corrected chi connectivity index (χ2v) is 6.05. The molecule has 0 heterocycles. The number of benzene rings is 2. The van der Waals surface area contributed by atoms with Gasteiger partial charge in [-0.05, 0) is 43.0 Å². The van der Waals surface area contributed by atoms with Crippen molar-refractivity contribution in [3.63, 3.8) is 0 Å². The van der Waals surface area contributed by atoms with Crippen LogP contribution in [0.2, 0.25) is 0 Å². The van der Waals surface area contributed by atoms with E-state index >= 15 is 0 Å². The fraction of sp³-hybridized carbons (Fsp3) is 0.300. The van der Waals surface area contributed by atoms with E-state index in [1.54, 1.807) is 0 Å². The maximum Gasteiger partial charge on any atom is 0.105 e. The van der Waals surface area contributed by atoms with Crippen molar-refractivity contribution in [2.45, 2.75) is 25.8 Å². The van der Waals surface area contributed by atoms with Crippen molar-refractivity contribution in [2.75, 3.05) is 13.6 Å². The molecule has 0 bridgehead atoms. The maximum atomic E-state index is 14.5. The third-order valence-corrected chi connectivity index (χ3v) is 4.24. The number of hydrogen-bond donors (Lipinski definition) is 0. The molecule has 1 nitrogen and oxygen atoms in total. The number of halogens is 1. The second kappa shape index (κ2) is 6.89. The minimum absolute atomic E-state index is 0.0601.